The van der Waals surface area contributed by atoms with Crippen LogP contribution in [0.25, 0.3) is 0 Å². The van der Waals surface area contributed by atoms with Crippen molar-refractivity contribution in [2.24, 2.45) is 0 Å². The molecule has 17 heavy (non-hydrogen) atoms. The fourth-order valence-corrected chi connectivity index (χ4v) is 2.35. The predicted molar refractivity (Wildman–Crippen MR) is 63.1 cm³/mol. The second-order valence-corrected chi connectivity index (χ2v) is 4.58. The van der Waals surface area contributed by atoms with Crippen LogP contribution in [0.5, 0.6) is 0 Å². The van der Waals surface area contributed by atoms with E-state index >= 15 is 0 Å². The van der Waals surface area contributed by atoms with Crippen molar-refractivity contribution in [2.75, 3.05) is 0 Å². The average molecular weight is 230 g/mol. The summed E-state index contributed by atoms with van der Waals surface area (Å²) in [5.41, 5.74) is 1.13. The maximum Gasteiger partial charge on any atom is 0.268 e. The number of hydrogen-bond donors (Lipinski definition) is 0. The molecule has 1 aromatic rings. The third kappa shape index (κ3) is 1.78. The quantitative estimate of drug-likeness (QED) is 0.739. The Hall–Kier alpha value is -1.89. The Morgan fingerprint density at radius 2 is 2.06 bits per heavy atom. The van der Waals surface area contributed by atoms with Crippen LogP contribution in [0.15, 0.2) is 10.9 Å². The molecule has 1 aliphatic carbocycles. The SMILES string of the molecule is CC(C)n1c2c(cc(C#N)c1=O)C(=O)CCC2. The van der Waals surface area contributed by atoms with E-state index in [-0.39, 0.29) is 22.9 Å². The molecular weight excluding hydrogens is 216 g/mol. The van der Waals surface area contributed by atoms with E-state index in [0.29, 0.717) is 12.0 Å². The molecule has 0 amide bonds. The molecule has 88 valence electrons. The van der Waals surface area contributed by atoms with Crippen LogP contribution < -0.4 is 5.56 Å². The lowest BCUT2D eigenvalue weighted by molar-refractivity contribution is 0.0970. The molecule has 0 fully saturated rings. The smallest absolute Gasteiger partial charge is 0.268 e. The Bertz CT molecular complexity index is 576. The lowest BCUT2D eigenvalue weighted by Gasteiger charge is -2.22. The number of carbonyl (C=O) groups is 1. The lowest BCUT2D eigenvalue weighted by Crippen LogP contribution is -2.31. The highest BCUT2D eigenvalue weighted by Gasteiger charge is 2.23. The molecule has 0 atom stereocenters. The first-order valence-electron chi connectivity index (χ1n) is 5.78. The molecule has 1 aliphatic rings. The first-order valence-corrected chi connectivity index (χ1v) is 5.78. The highest BCUT2D eigenvalue weighted by Crippen LogP contribution is 2.22. The van der Waals surface area contributed by atoms with E-state index in [1.54, 1.807) is 4.57 Å². The summed E-state index contributed by atoms with van der Waals surface area (Å²) in [6.45, 7) is 3.78. The number of fused-ring (bicyclic) bond motifs is 1. The van der Waals surface area contributed by atoms with Crippen LogP contribution in [0.1, 0.15) is 54.3 Å². The second kappa shape index (κ2) is 4.17. The van der Waals surface area contributed by atoms with Crippen molar-refractivity contribution in [3.8, 4) is 6.07 Å². The molecule has 0 aliphatic heterocycles. The Balaban J connectivity index is 2.82. The van der Waals surface area contributed by atoms with E-state index in [1.807, 2.05) is 19.9 Å². The zero-order valence-corrected chi connectivity index (χ0v) is 9.99. The Morgan fingerprint density at radius 3 is 2.65 bits per heavy atom. The average Bonchev–Trinajstić information content (AvgIpc) is 2.28. The summed E-state index contributed by atoms with van der Waals surface area (Å²) < 4.78 is 1.59. The minimum atomic E-state index is -0.282. The summed E-state index contributed by atoms with van der Waals surface area (Å²) in [6, 6.07) is 3.30. The second-order valence-electron chi connectivity index (χ2n) is 4.58. The fourth-order valence-electron chi connectivity index (χ4n) is 2.35. The molecule has 0 spiro atoms. The topological polar surface area (TPSA) is 62.9 Å². The predicted octanol–water partition coefficient (Wildman–Crippen LogP) is 1.82. The van der Waals surface area contributed by atoms with Gasteiger partial charge in [0.25, 0.3) is 5.56 Å². The summed E-state index contributed by atoms with van der Waals surface area (Å²) in [7, 11) is 0. The van der Waals surface area contributed by atoms with Crippen molar-refractivity contribution in [3.05, 3.63) is 33.2 Å². The van der Waals surface area contributed by atoms with Gasteiger partial charge in [-0.3, -0.25) is 9.59 Å². The molecule has 0 bridgehead atoms. The van der Waals surface area contributed by atoms with Gasteiger partial charge in [-0.1, -0.05) is 0 Å². The highest BCUT2D eigenvalue weighted by molar-refractivity contribution is 5.98. The number of Topliss-reactive ketones (excluding diaryl/α,β-unsaturated/α-hetero) is 1. The van der Waals surface area contributed by atoms with Crippen molar-refractivity contribution in [1.82, 2.24) is 4.57 Å². The standard InChI is InChI=1S/C13H14N2O2/c1-8(2)15-11-4-3-5-12(16)10(11)6-9(7-14)13(15)17/h6,8H,3-5H2,1-2H3. The van der Waals surface area contributed by atoms with Crippen LogP contribution >= 0.6 is 0 Å². The summed E-state index contributed by atoms with van der Waals surface area (Å²) in [5.74, 6) is 0.0390. The molecule has 1 heterocycles. The highest BCUT2D eigenvalue weighted by atomic mass is 16.1. The van der Waals surface area contributed by atoms with Crippen LogP contribution in [0.2, 0.25) is 0 Å². The number of nitrogens with zero attached hydrogens (tertiary/aromatic N) is 2. The van der Waals surface area contributed by atoms with Gasteiger partial charge in [-0.05, 0) is 32.8 Å². The zero-order chi connectivity index (χ0) is 12.6. The van der Waals surface area contributed by atoms with Crippen LogP contribution in [-0.2, 0) is 6.42 Å². The molecule has 1 aromatic heterocycles. The third-order valence-electron chi connectivity index (χ3n) is 3.09. The number of carbonyl (C=O) groups excluding carboxylic acids is 1. The largest absolute Gasteiger partial charge is 0.308 e. The van der Waals surface area contributed by atoms with Crippen molar-refractivity contribution < 1.29 is 4.79 Å². The summed E-state index contributed by atoms with van der Waals surface area (Å²) in [5, 5.41) is 8.94. The van der Waals surface area contributed by atoms with Gasteiger partial charge in [-0.25, -0.2) is 0 Å². The zero-order valence-electron chi connectivity index (χ0n) is 9.99. The van der Waals surface area contributed by atoms with E-state index in [2.05, 4.69) is 0 Å². The van der Waals surface area contributed by atoms with Gasteiger partial charge in [-0.2, -0.15) is 5.26 Å². The fraction of sp³-hybridized carbons (Fsp3) is 0.462. The van der Waals surface area contributed by atoms with Gasteiger partial charge in [-0.15, -0.1) is 0 Å². The molecule has 0 saturated carbocycles. The maximum absolute atomic E-state index is 12.0. The minimum Gasteiger partial charge on any atom is -0.308 e. The van der Waals surface area contributed by atoms with Crippen molar-refractivity contribution in [3.63, 3.8) is 0 Å². The molecule has 0 N–H and O–H groups in total. The molecule has 0 unspecified atom stereocenters. The minimum absolute atomic E-state index is 0.0320. The number of nitriles is 1. The molecule has 4 heteroatoms. The van der Waals surface area contributed by atoms with Gasteiger partial charge in [0, 0.05) is 23.7 Å². The van der Waals surface area contributed by atoms with E-state index in [1.165, 1.54) is 6.07 Å². The van der Waals surface area contributed by atoms with Gasteiger partial charge in [0.1, 0.15) is 11.6 Å². The molecule has 0 radical (unpaired) electrons. The number of hydrogen-bond acceptors (Lipinski definition) is 3. The van der Waals surface area contributed by atoms with Crippen LogP contribution in [0.3, 0.4) is 0 Å². The summed E-state index contributed by atoms with van der Waals surface area (Å²) in [4.78, 5) is 23.9. The third-order valence-corrected chi connectivity index (χ3v) is 3.09. The van der Waals surface area contributed by atoms with Gasteiger partial charge < -0.3 is 4.57 Å². The normalized spacial score (nSPS) is 14.6. The summed E-state index contributed by atoms with van der Waals surface area (Å²) >= 11 is 0. The molecular formula is C13H14N2O2. The van der Waals surface area contributed by atoms with Crippen LogP contribution in [0.4, 0.5) is 0 Å². The van der Waals surface area contributed by atoms with Gasteiger partial charge >= 0.3 is 0 Å². The van der Waals surface area contributed by atoms with E-state index in [0.717, 1.165) is 18.5 Å². The Labute approximate surface area is 99.5 Å². The van der Waals surface area contributed by atoms with E-state index < -0.39 is 0 Å². The molecule has 0 aromatic carbocycles. The number of aromatic nitrogens is 1. The van der Waals surface area contributed by atoms with Crippen LogP contribution in [0, 0.1) is 11.3 Å². The Kier molecular flexibility index (Phi) is 2.84. The van der Waals surface area contributed by atoms with Crippen LogP contribution in [-0.4, -0.2) is 10.4 Å². The molecule has 4 nitrogen and oxygen atoms in total. The van der Waals surface area contributed by atoms with Crippen molar-refractivity contribution >= 4 is 5.78 Å². The first-order chi connectivity index (χ1) is 8.06. The van der Waals surface area contributed by atoms with Gasteiger partial charge in [0.15, 0.2) is 5.78 Å². The Morgan fingerprint density at radius 1 is 1.35 bits per heavy atom. The number of rotatable bonds is 1. The number of pyridine rings is 1. The lowest BCUT2D eigenvalue weighted by atomic mass is 9.93. The maximum atomic E-state index is 12.0. The van der Waals surface area contributed by atoms with Gasteiger partial charge in [0.05, 0.1) is 0 Å². The molecule has 2 rings (SSSR count). The monoisotopic (exact) mass is 230 g/mol. The first kappa shape index (κ1) is 11.6. The van der Waals surface area contributed by atoms with Crippen molar-refractivity contribution in [1.29, 1.82) is 5.26 Å². The molecule has 0 saturated heterocycles. The number of ketones is 1. The van der Waals surface area contributed by atoms with E-state index in [4.69, 9.17) is 5.26 Å². The summed E-state index contributed by atoms with van der Waals surface area (Å²) in [6.07, 6.45) is 2.03. The van der Waals surface area contributed by atoms with E-state index in [9.17, 15) is 9.59 Å². The van der Waals surface area contributed by atoms with Crippen molar-refractivity contribution in [2.45, 2.75) is 39.2 Å². The van der Waals surface area contributed by atoms with Gasteiger partial charge in [0.2, 0.25) is 0 Å².